The molecule has 0 aliphatic rings. The third-order valence-corrected chi connectivity index (χ3v) is 4.01. The van der Waals surface area contributed by atoms with Gasteiger partial charge in [0.25, 0.3) is 0 Å². The summed E-state index contributed by atoms with van der Waals surface area (Å²) in [4.78, 5) is 1.74. The van der Waals surface area contributed by atoms with Crippen LogP contribution >= 0.6 is 11.8 Å². The SMILES string of the molecule is Cn1cc(Sc2ccccc2F)c2ccccc21. The summed E-state index contributed by atoms with van der Waals surface area (Å²) in [5.41, 5.74) is 1.16. The van der Waals surface area contributed by atoms with Crippen LogP contribution in [0.1, 0.15) is 0 Å². The summed E-state index contributed by atoms with van der Waals surface area (Å²) in [6.07, 6.45) is 2.04. The van der Waals surface area contributed by atoms with Crippen molar-refractivity contribution in [2.45, 2.75) is 9.79 Å². The summed E-state index contributed by atoms with van der Waals surface area (Å²) >= 11 is 1.47. The van der Waals surface area contributed by atoms with Crippen LogP contribution < -0.4 is 0 Å². The van der Waals surface area contributed by atoms with Gasteiger partial charge in [0.1, 0.15) is 5.82 Å². The number of hydrogen-bond acceptors (Lipinski definition) is 1. The molecule has 0 atom stereocenters. The summed E-state index contributed by atoms with van der Waals surface area (Å²) in [5.74, 6) is -0.171. The highest BCUT2D eigenvalue weighted by molar-refractivity contribution is 7.99. The lowest BCUT2D eigenvalue weighted by atomic mass is 10.2. The van der Waals surface area contributed by atoms with E-state index in [1.165, 1.54) is 17.8 Å². The Morgan fingerprint density at radius 3 is 2.50 bits per heavy atom. The van der Waals surface area contributed by atoms with Crippen molar-refractivity contribution < 1.29 is 4.39 Å². The van der Waals surface area contributed by atoms with Crippen molar-refractivity contribution in [3.8, 4) is 0 Å². The van der Waals surface area contributed by atoms with Gasteiger partial charge in [-0.1, -0.05) is 42.1 Å². The van der Waals surface area contributed by atoms with E-state index in [-0.39, 0.29) is 5.82 Å². The first-order valence-electron chi connectivity index (χ1n) is 5.72. The van der Waals surface area contributed by atoms with Crippen LogP contribution in [-0.4, -0.2) is 4.57 Å². The number of fused-ring (bicyclic) bond motifs is 1. The zero-order chi connectivity index (χ0) is 12.5. The van der Waals surface area contributed by atoms with Crippen LogP contribution in [0.4, 0.5) is 4.39 Å². The van der Waals surface area contributed by atoms with Gasteiger partial charge in [0.2, 0.25) is 0 Å². The molecule has 0 N–H and O–H groups in total. The van der Waals surface area contributed by atoms with Gasteiger partial charge in [-0.05, 0) is 18.2 Å². The Morgan fingerprint density at radius 2 is 1.67 bits per heavy atom. The van der Waals surface area contributed by atoms with Crippen molar-refractivity contribution in [3.63, 3.8) is 0 Å². The number of halogens is 1. The Labute approximate surface area is 109 Å². The molecule has 0 spiro atoms. The van der Waals surface area contributed by atoms with Crippen LogP contribution in [-0.2, 0) is 7.05 Å². The van der Waals surface area contributed by atoms with Gasteiger partial charge >= 0.3 is 0 Å². The summed E-state index contributed by atoms with van der Waals surface area (Å²) < 4.78 is 15.7. The maximum atomic E-state index is 13.7. The van der Waals surface area contributed by atoms with Gasteiger partial charge in [0, 0.05) is 33.9 Å². The second kappa shape index (κ2) is 4.50. The van der Waals surface area contributed by atoms with Crippen LogP contribution in [0.3, 0.4) is 0 Å². The minimum atomic E-state index is -0.171. The zero-order valence-electron chi connectivity index (χ0n) is 9.93. The highest BCUT2D eigenvalue weighted by atomic mass is 32.2. The molecule has 3 rings (SSSR count). The maximum Gasteiger partial charge on any atom is 0.137 e. The van der Waals surface area contributed by atoms with Crippen LogP contribution in [0, 0.1) is 5.82 Å². The van der Waals surface area contributed by atoms with E-state index in [0.717, 1.165) is 15.8 Å². The summed E-state index contributed by atoms with van der Waals surface area (Å²) in [6, 6.07) is 15.0. The molecule has 0 bridgehead atoms. The largest absolute Gasteiger partial charge is 0.349 e. The van der Waals surface area contributed by atoms with Gasteiger partial charge in [-0.25, -0.2) is 4.39 Å². The average Bonchev–Trinajstić information content (AvgIpc) is 2.70. The molecule has 1 aromatic heterocycles. The Bertz CT molecular complexity index is 703. The average molecular weight is 257 g/mol. The smallest absolute Gasteiger partial charge is 0.137 e. The van der Waals surface area contributed by atoms with E-state index >= 15 is 0 Å². The number of rotatable bonds is 2. The minimum Gasteiger partial charge on any atom is -0.349 e. The molecule has 18 heavy (non-hydrogen) atoms. The minimum absolute atomic E-state index is 0.171. The normalized spacial score (nSPS) is 11.0. The number of para-hydroxylation sites is 1. The first-order chi connectivity index (χ1) is 8.75. The monoisotopic (exact) mass is 257 g/mol. The fraction of sp³-hybridized carbons (Fsp3) is 0.0667. The molecule has 3 aromatic rings. The van der Waals surface area contributed by atoms with E-state index in [9.17, 15) is 4.39 Å². The third kappa shape index (κ3) is 1.91. The molecule has 0 fully saturated rings. The summed E-state index contributed by atoms with van der Waals surface area (Å²) in [5, 5.41) is 1.16. The molecular weight excluding hydrogens is 245 g/mol. The molecule has 0 saturated carbocycles. The molecule has 90 valence electrons. The number of benzene rings is 2. The molecule has 0 amide bonds. The quantitative estimate of drug-likeness (QED) is 0.655. The van der Waals surface area contributed by atoms with Gasteiger partial charge in [-0.15, -0.1) is 0 Å². The maximum absolute atomic E-state index is 13.7. The fourth-order valence-corrected chi connectivity index (χ4v) is 3.07. The van der Waals surface area contributed by atoms with Crippen molar-refractivity contribution in [2.75, 3.05) is 0 Å². The standard InChI is InChI=1S/C15H12FNS/c1-17-10-15(11-6-2-4-8-13(11)17)18-14-9-5-3-7-12(14)16/h2-10H,1H3. The Morgan fingerprint density at radius 1 is 0.944 bits per heavy atom. The molecule has 0 aliphatic heterocycles. The molecule has 1 heterocycles. The van der Waals surface area contributed by atoms with Crippen molar-refractivity contribution in [1.29, 1.82) is 0 Å². The van der Waals surface area contributed by atoms with Crippen LogP contribution in [0.2, 0.25) is 0 Å². The number of aryl methyl sites for hydroxylation is 1. The number of aromatic nitrogens is 1. The van der Waals surface area contributed by atoms with Gasteiger partial charge in [0.05, 0.1) is 0 Å². The second-order valence-corrected chi connectivity index (χ2v) is 5.24. The highest BCUT2D eigenvalue weighted by Gasteiger charge is 2.09. The Kier molecular flexibility index (Phi) is 2.84. The predicted octanol–water partition coefficient (Wildman–Crippen LogP) is 4.47. The lowest BCUT2D eigenvalue weighted by molar-refractivity contribution is 0.602. The van der Waals surface area contributed by atoms with Gasteiger partial charge in [-0.3, -0.25) is 0 Å². The van der Waals surface area contributed by atoms with Crippen molar-refractivity contribution in [3.05, 3.63) is 60.5 Å². The van der Waals surface area contributed by atoms with Crippen LogP contribution in [0.5, 0.6) is 0 Å². The second-order valence-electron chi connectivity index (χ2n) is 4.15. The Hall–Kier alpha value is -1.74. The molecule has 2 aromatic carbocycles. The highest BCUT2D eigenvalue weighted by Crippen LogP contribution is 2.35. The first-order valence-corrected chi connectivity index (χ1v) is 6.54. The zero-order valence-corrected chi connectivity index (χ0v) is 10.7. The molecule has 0 unspecified atom stereocenters. The van der Waals surface area contributed by atoms with E-state index in [2.05, 4.69) is 16.7 Å². The van der Waals surface area contributed by atoms with Gasteiger partial charge < -0.3 is 4.57 Å². The van der Waals surface area contributed by atoms with Crippen molar-refractivity contribution in [2.24, 2.45) is 7.05 Å². The Balaban J connectivity index is 2.08. The van der Waals surface area contributed by atoms with E-state index in [1.54, 1.807) is 6.07 Å². The summed E-state index contributed by atoms with van der Waals surface area (Å²) in [6.45, 7) is 0. The number of nitrogens with zero attached hydrogens (tertiary/aromatic N) is 1. The molecule has 1 nitrogen and oxygen atoms in total. The van der Waals surface area contributed by atoms with E-state index < -0.39 is 0 Å². The van der Waals surface area contributed by atoms with Crippen LogP contribution in [0.15, 0.2) is 64.5 Å². The molecular formula is C15H12FNS. The molecule has 0 radical (unpaired) electrons. The van der Waals surface area contributed by atoms with E-state index in [0.29, 0.717) is 4.90 Å². The fourth-order valence-electron chi connectivity index (χ4n) is 2.03. The summed E-state index contributed by atoms with van der Waals surface area (Å²) in [7, 11) is 2.01. The van der Waals surface area contributed by atoms with Crippen molar-refractivity contribution in [1.82, 2.24) is 4.57 Å². The van der Waals surface area contributed by atoms with Gasteiger partial charge in [-0.2, -0.15) is 0 Å². The van der Waals surface area contributed by atoms with Gasteiger partial charge in [0.15, 0.2) is 0 Å². The van der Waals surface area contributed by atoms with Crippen molar-refractivity contribution >= 4 is 22.7 Å². The number of hydrogen-bond donors (Lipinski definition) is 0. The first kappa shape index (κ1) is 11.4. The topological polar surface area (TPSA) is 4.93 Å². The molecule has 0 aliphatic carbocycles. The lowest BCUT2D eigenvalue weighted by Crippen LogP contribution is -1.81. The molecule has 3 heteroatoms. The van der Waals surface area contributed by atoms with E-state index in [4.69, 9.17) is 0 Å². The predicted molar refractivity (Wildman–Crippen MR) is 73.4 cm³/mol. The molecule has 0 saturated heterocycles. The third-order valence-electron chi connectivity index (χ3n) is 2.92. The van der Waals surface area contributed by atoms with Crippen LogP contribution in [0.25, 0.3) is 10.9 Å². The van der Waals surface area contributed by atoms with E-state index in [1.807, 2.05) is 37.5 Å². The lowest BCUT2D eigenvalue weighted by Gasteiger charge is -2.01.